The standard InChI is InChI=1S/C11H14ClN3O3.ClH/c1-7(13)11(16)14(2)6-8-5-9(15(17)18)3-4-10(8)12;/h3-5,7H,6,13H2,1-2H3;1H. The third-order valence-electron chi connectivity index (χ3n) is 2.41. The first-order chi connectivity index (χ1) is 8.32. The van der Waals surface area contributed by atoms with Crippen LogP contribution in [-0.4, -0.2) is 28.8 Å². The van der Waals surface area contributed by atoms with Crippen LogP contribution in [0.3, 0.4) is 0 Å². The molecule has 1 amide bonds. The molecule has 106 valence electrons. The maximum Gasteiger partial charge on any atom is 0.269 e. The summed E-state index contributed by atoms with van der Waals surface area (Å²) >= 11 is 5.94. The van der Waals surface area contributed by atoms with E-state index >= 15 is 0 Å². The van der Waals surface area contributed by atoms with Gasteiger partial charge in [0.05, 0.1) is 11.0 Å². The first-order valence-electron chi connectivity index (χ1n) is 5.26. The fourth-order valence-corrected chi connectivity index (χ4v) is 1.65. The molecule has 0 radical (unpaired) electrons. The van der Waals surface area contributed by atoms with Gasteiger partial charge in [0.2, 0.25) is 5.91 Å². The number of nitro benzene ring substituents is 1. The van der Waals surface area contributed by atoms with E-state index in [1.165, 1.54) is 23.1 Å². The van der Waals surface area contributed by atoms with Crippen LogP contribution in [0.5, 0.6) is 0 Å². The van der Waals surface area contributed by atoms with E-state index in [2.05, 4.69) is 0 Å². The Balaban J connectivity index is 0.00000324. The molecule has 19 heavy (non-hydrogen) atoms. The lowest BCUT2D eigenvalue weighted by atomic mass is 10.2. The minimum atomic E-state index is -0.618. The SMILES string of the molecule is CC(N)C(=O)N(C)Cc1cc([N+](=O)[O-])ccc1Cl.Cl. The van der Waals surface area contributed by atoms with Gasteiger partial charge >= 0.3 is 0 Å². The summed E-state index contributed by atoms with van der Waals surface area (Å²) in [6.45, 7) is 1.76. The number of likely N-dealkylation sites (N-methyl/N-ethyl adjacent to an activating group) is 1. The van der Waals surface area contributed by atoms with E-state index < -0.39 is 11.0 Å². The third-order valence-corrected chi connectivity index (χ3v) is 2.78. The van der Waals surface area contributed by atoms with Crippen molar-refractivity contribution in [1.82, 2.24) is 4.90 Å². The Morgan fingerprint density at radius 3 is 2.63 bits per heavy atom. The summed E-state index contributed by atoms with van der Waals surface area (Å²) in [7, 11) is 1.57. The van der Waals surface area contributed by atoms with Gasteiger partial charge in [-0.15, -0.1) is 12.4 Å². The van der Waals surface area contributed by atoms with Crippen LogP contribution in [0.4, 0.5) is 5.69 Å². The Hall–Kier alpha value is -1.37. The molecule has 2 N–H and O–H groups in total. The number of nitrogens with two attached hydrogens (primary N) is 1. The Morgan fingerprint density at radius 2 is 2.16 bits per heavy atom. The van der Waals surface area contributed by atoms with Crippen molar-refractivity contribution in [2.24, 2.45) is 5.73 Å². The largest absolute Gasteiger partial charge is 0.340 e. The zero-order valence-corrected chi connectivity index (χ0v) is 12.1. The van der Waals surface area contributed by atoms with Gasteiger partial charge in [-0.25, -0.2) is 0 Å². The van der Waals surface area contributed by atoms with E-state index in [9.17, 15) is 14.9 Å². The third kappa shape index (κ3) is 4.66. The highest BCUT2D eigenvalue weighted by Crippen LogP contribution is 2.23. The molecule has 0 aliphatic carbocycles. The molecule has 1 atom stereocenters. The van der Waals surface area contributed by atoms with Crippen molar-refractivity contribution in [2.75, 3.05) is 7.05 Å². The highest BCUT2D eigenvalue weighted by Gasteiger charge is 2.16. The van der Waals surface area contributed by atoms with Crippen molar-refractivity contribution >= 4 is 35.6 Å². The molecular formula is C11H15Cl2N3O3. The Bertz CT molecular complexity index is 480. The molecule has 0 saturated heterocycles. The summed E-state index contributed by atoms with van der Waals surface area (Å²) in [5, 5.41) is 11.0. The van der Waals surface area contributed by atoms with Crippen LogP contribution in [0, 0.1) is 10.1 Å². The number of carbonyl (C=O) groups is 1. The number of amides is 1. The van der Waals surface area contributed by atoms with Gasteiger partial charge in [0, 0.05) is 30.7 Å². The van der Waals surface area contributed by atoms with Gasteiger partial charge in [0.15, 0.2) is 0 Å². The van der Waals surface area contributed by atoms with Crippen LogP contribution in [0.1, 0.15) is 12.5 Å². The summed E-state index contributed by atoms with van der Waals surface area (Å²) in [5.41, 5.74) is 5.93. The van der Waals surface area contributed by atoms with Gasteiger partial charge in [-0.2, -0.15) is 0 Å². The molecule has 0 bridgehead atoms. The second kappa shape index (κ2) is 7.28. The van der Waals surface area contributed by atoms with E-state index in [0.717, 1.165) is 0 Å². The minimum absolute atomic E-state index is 0. The smallest absolute Gasteiger partial charge is 0.269 e. The summed E-state index contributed by atoms with van der Waals surface area (Å²) in [6.07, 6.45) is 0. The topological polar surface area (TPSA) is 89.5 Å². The number of hydrogen-bond donors (Lipinski definition) is 1. The van der Waals surface area contributed by atoms with Gasteiger partial charge in [0.1, 0.15) is 0 Å². The van der Waals surface area contributed by atoms with Gasteiger partial charge in [-0.05, 0) is 18.6 Å². The lowest BCUT2D eigenvalue weighted by Gasteiger charge is -2.19. The number of nitro groups is 1. The zero-order chi connectivity index (χ0) is 13.9. The van der Waals surface area contributed by atoms with Crippen LogP contribution in [0.15, 0.2) is 18.2 Å². The van der Waals surface area contributed by atoms with Crippen molar-refractivity contribution in [1.29, 1.82) is 0 Å². The average molecular weight is 308 g/mol. The molecule has 0 aliphatic heterocycles. The molecular weight excluding hydrogens is 293 g/mol. The van der Waals surface area contributed by atoms with Crippen LogP contribution in [0.2, 0.25) is 5.02 Å². The Morgan fingerprint density at radius 1 is 1.58 bits per heavy atom. The van der Waals surface area contributed by atoms with Gasteiger partial charge in [0.25, 0.3) is 5.69 Å². The number of carbonyl (C=O) groups excluding carboxylic acids is 1. The fourth-order valence-electron chi connectivity index (χ4n) is 1.48. The zero-order valence-electron chi connectivity index (χ0n) is 10.5. The highest BCUT2D eigenvalue weighted by atomic mass is 35.5. The molecule has 0 spiro atoms. The molecule has 0 heterocycles. The van der Waals surface area contributed by atoms with Crippen molar-refractivity contribution in [3.8, 4) is 0 Å². The van der Waals surface area contributed by atoms with Crippen molar-refractivity contribution < 1.29 is 9.72 Å². The number of halogens is 2. The van der Waals surface area contributed by atoms with Gasteiger partial charge in [-0.3, -0.25) is 14.9 Å². The lowest BCUT2D eigenvalue weighted by Crippen LogP contribution is -2.39. The van der Waals surface area contributed by atoms with E-state index in [4.69, 9.17) is 17.3 Å². The Labute approximate surface area is 122 Å². The Kier molecular flexibility index (Phi) is 6.75. The van der Waals surface area contributed by atoms with Crippen LogP contribution < -0.4 is 5.73 Å². The lowest BCUT2D eigenvalue weighted by molar-refractivity contribution is -0.384. The monoisotopic (exact) mass is 307 g/mol. The molecule has 0 saturated carbocycles. The van der Waals surface area contributed by atoms with Crippen LogP contribution >= 0.6 is 24.0 Å². The maximum absolute atomic E-state index is 11.6. The molecule has 1 unspecified atom stereocenters. The normalized spacial score (nSPS) is 11.4. The molecule has 0 fully saturated rings. The average Bonchev–Trinajstić information content (AvgIpc) is 2.30. The molecule has 1 aromatic carbocycles. The molecule has 1 rings (SSSR count). The predicted octanol–water partition coefficient (Wildman–Crippen LogP) is 1.98. The van der Waals surface area contributed by atoms with Crippen molar-refractivity contribution in [2.45, 2.75) is 19.5 Å². The van der Waals surface area contributed by atoms with E-state index in [1.54, 1.807) is 14.0 Å². The van der Waals surface area contributed by atoms with Gasteiger partial charge in [-0.1, -0.05) is 11.6 Å². The van der Waals surface area contributed by atoms with E-state index in [-0.39, 0.29) is 30.5 Å². The quantitative estimate of drug-likeness (QED) is 0.680. The summed E-state index contributed by atoms with van der Waals surface area (Å²) < 4.78 is 0. The molecule has 1 aromatic rings. The minimum Gasteiger partial charge on any atom is -0.340 e. The fraction of sp³-hybridized carbons (Fsp3) is 0.364. The van der Waals surface area contributed by atoms with E-state index in [1.807, 2.05) is 0 Å². The highest BCUT2D eigenvalue weighted by molar-refractivity contribution is 6.31. The van der Waals surface area contributed by atoms with Crippen LogP contribution in [0.25, 0.3) is 0 Å². The molecule has 0 aromatic heterocycles. The number of non-ortho nitro benzene ring substituents is 1. The molecule has 8 heteroatoms. The number of hydrogen-bond acceptors (Lipinski definition) is 4. The van der Waals surface area contributed by atoms with Crippen molar-refractivity contribution in [3.05, 3.63) is 38.9 Å². The van der Waals surface area contributed by atoms with Gasteiger partial charge < -0.3 is 10.6 Å². The second-order valence-corrected chi connectivity index (χ2v) is 4.42. The number of nitrogens with zero attached hydrogens (tertiary/aromatic N) is 2. The van der Waals surface area contributed by atoms with Crippen molar-refractivity contribution in [3.63, 3.8) is 0 Å². The molecule has 0 aliphatic rings. The van der Waals surface area contributed by atoms with Crippen LogP contribution in [-0.2, 0) is 11.3 Å². The maximum atomic E-state index is 11.6. The summed E-state index contributed by atoms with van der Waals surface area (Å²) in [5.74, 6) is -0.252. The summed E-state index contributed by atoms with van der Waals surface area (Å²) in [6, 6.07) is 3.50. The molecule has 6 nitrogen and oxygen atoms in total. The first kappa shape index (κ1) is 17.6. The number of rotatable bonds is 4. The second-order valence-electron chi connectivity index (χ2n) is 4.02. The first-order valence-corrected chi connectivity index (χ1v) is 5.64. The predicted molar refractivity (Wildman–Crippen MR) is 75.5 cm³/mol. The number of benzene rings is 1. The van der Waals surface area contributed by atoms with E-state index in [0.29, 0.717) is 10.6 Å². The summed E-state index contributed by atoms with van der Waals surface area (Å²) in [4.78, 5) is 23.1.